The predicted octanol–water partition coefficient (Wildman–Crippen LogP) is 0.855. The molecule has 0 unspecified atom stereocenters. The first-order valence-corrected chi connectivity index (χ1v) is 4.68. The molecule has 7 heteroatoms. The van der Waals surface area contributed by atoms with Gasteiger partial charge in [-0.1, -0.05) is 6.07 Å². The van der Waals surface area contributed by atoms with E-state index in [9.17, 15) is 23.1 Å². The molecule has 0 aliphatic heterocycles. The molecule has 2 rings (SSSR count). The van der Waals surface area contributed by atoms with E-state index in [0.717, 1.165) is 10.5 Å². The third kappa shape index (κ3) is 2.22. The van der Waals surface area contributed by atoms with Gasteiger partial charge in [0.2, 0.25) is 0 Å². The number of alkyl halides is 3. The summed E-state index contributed by atoms with van der Waals surface area (Å²) in [4.78, 5) is 11.4. The highest BCUT2D eigenvalue weighted by molar-refractivity contribution is 5.32. The van der Waals surface area contributed by atoms with Gasteiger partial charge < -0.3 is 5.11 Å². The van der Waals surface area contributed by atoms with Gasteiger partial charge in [0.05, 0.1) is 6.20 Å². The highest BCUT2D eigenvalue weighted by Crippen LogP contribution is 2.16. The van der Waals surface area contributed by atoms with E-state index in [0.29, 0.717) is 4.57 Å². The molecule has 1 N–H and O–H groups in total. The molecule has 2 aromatic rings. The van der Waals surface area contributed by atoms with Gasteiger partial charge in [0.25, 0.3) is 11.5 Å². The van der Waals surface area contributed by atoms with E-state index in [-0.39, 0.29) is 5.65 Å². The molecule has 0 aliphatic rings. The smallest absolute Gasteiger partial charge is 0.426 e. The van der Waals surface area contributed by atoms with Crippen LogP contribution in [0.3, 0.4) is 0 Å². The van der Waals surface area contributed by atoms with E-state index >= 15 is 0 Å². The lowest BCUT2D eigenvalue weighted by Crippen LogP contribution is -2.45. The van der Waals surface area contributed by atoms with Crippen LogP contribution in [0.15, 0.2) is 35.3 Å². The topological polar surface area (TPSA) is 45.6 Å². The summed E-state index contributed by atoms with van der Waals surface area (Å²) >= 11 is 0. The van der Waals surface area contributed by atoms with Crippen LogP contribution in [0.25, 0.3) is 5.65 Å². The number of nitrogens with zero attached hydrogens (tertiary/aromatic N) is 2. The maximum atomic E-state index is 12.3. The van der Waals surface area contributed by atoms with Crippen LogP contribution in [-0.2, 0) is 6.54 Å². The number of hydrogen-bond acceptors (Lipinski definition) is 2. The average Bonchev–Trinajstić information content (AvgIpc) is 2.23. The Morgan fingerprint density at radius 3 is 2.71 bits per heavy atom. The fraction of sp³-hybridized carbons (Fsp3) is 0.200. The number of rotatable bonds is 1. The van der Waals surface area contributed by atoms with E-state index in [1.54, 1.807) is 0 Å². The molecule has 4 nitrogen and oxygen atoms in total. The zero-order valence-electron chi connectivity index (χ0n) is 8.48. The van der Waals surface area contributed by atoms with Gasteiger partial charge in [-0.05, 0) is 6.07 Å². The molecule has 90 valence electrons. The first-order valence-electron chi connectivity index (χ1n) is 4.68. The number of aromatic hydroxyl groups is 1. The number of aromatic nitrogens is 2. The van der Waals surface area contributed by atoms with Crippen LogP contribution in [0.1, 0.15) is 0 Å². The maximum Gasteiger partial charge on any atom is 0.426 e. The van der Waals surface area contributed by atoms with Gasteiger partial charge in [-0.3, -0.25) is 0 Å². The normalized spacial score (nSPS) is 11.9. The van der Waals surface area contributed by atoms with E-state index in [1.165, 1.54) is 24.4 Å². The lowest BCUT2D eigenvalue weighted by atomic mass is 10.4. The van der Waals surface area contributed by atoms with Crippen molar-refractivity contribution in [2.75, 3.05) is 0 Å². The molecular formula is C10H8F3N2O2+. The Kier molecular flexibility index (Phi) is 2.53. The van der Waals surface area contributed by atoms with E-state index in [1.807, 2.05) is 0 Å². The molecule has 0 fully saturated rings. The summed E-state index contributed by atoms with van der Waals surface area (Å²) in [6.07, 6.45) is -3.14. The molecule has 0 spiro atoms. The molecule has 0 radical (unpaired) electrons. The summed E-state index contributed by atoms with van der Waals surface area (Å²) in [6.45, 7) is -1.35. The molecule has 0 atom stereocenters. The van der Waals surface area contributed by atoms with Gasteiger partial charge in [-0.2, -0.15) is 22.1 Å². The maximum absolute atomic E-state index is 12.3. The van der Waals surface area contributed by atoms with Crippen LogP contribution in [-0.4, -0.2) is 15.7 Å². The first kappa shape index (κ1) is 11.4. The minimum atomic E-state index is -4.48. The summed E-state index contributed by atoms with van der Waals surface area (Å²) < 4.78 is 38.7. The zero-order valence-corrected chi connectivity index (χ0v) is 8.48. The van der Waals surface area contributed by atoms with Crippen LogP contribution >= 0.6 is 0 Å². The van der Waals surface area contributed by atoms with E-state index in [2.05, 4.69) is 0 Å². The molecule has 0 aromatic carbocycles. The molecular weight excluding hydrogens is 237 g/mol. The highest BCUT2D eigenvalue weighted by Gasteiger charge is 2.33. The second-order valence-corrected chi connectivity index (χ2v) is 3.47. The Morgan fingerprint density at radius 2 is 2.06 bits per heavy atom. The molecule has 0 bridgehead atoms. The highest BCUT2D eigenvalue weighted by atomic mass is 19.4. The van der Waals surface area contributed by atoms with E-state index < -0.39 is 24.2 Å². The Balaban J connectivity index is 2.74. The van der Waals surface area contributed by atoms with Crippen molar-refractivity contribution in [3.8, 4) is 5.88 Å². The van der Waals surface area contributed by atoms with Crippen molar-refractivity contribution in [2.45, 2.75) is 12.7 Å². The van der Waals surface area contributed by atoms with Gasteiger partial charge in [0.1, 0.15) is 6.07 Å². The fourth-order valence-corrected chi connectivity index (χ4v) is 1.56. The Labute approximate surface area is 93.2 Å². The van der Waals surface area contributed by atoms with Gasteiger partial charge in [-0.25, -0.2) is 4.79 Å². The van der Waals surface area contributed by atoms with Crippen molar-refractivity contribution < 1.29 is 22.8 Å². The summed E-state index contributed by atoms with van der Waals surface area (Å²) in [7, 11) is 0. The lowest BCUT2D eigenvalue weighted by Gasteiger charge is -2.08. The van der Waals surface area contributed by atoms with Crippen LogP contribution < -0.4 is 10.1 Å². The second-order valence-electron chi connectivity index (χ2n) is 3.47. The number of hydrogen-bond donors (Lipinski definition) is 1. The van der Waals surface area contributed by atoms with Crippen LogP contribution in [0.2, 0.25) is 0 Å². The quantitative estimate of drug-likeness (QED) is 0.757. The standard InChI is InChI=1S/C10H7F3N2O2/c11-10(12,13)6-15-7-3-1-2-4-14(7)8(16)5-9(15)17/h1-5H,6H2/p+1. The minimum Gasteiger partial charge on any atom is -0.478 e. The summed E-state index contributed by atoms with van der Waals surface area (Å²) in [5, 5.41) is 9.40. The average molecular weight is 245 g/mol. The molecule has 0 amide bonds. The van der Waals surface area contributed by atoms with Crippen molar-refractivity contribution in [2.24, 2.45) is 0 Å². The third-order valence-corrected chi connectivity index (χ3v) is 2.22. The van der Waals surface area contributed by atoms with Gasteiger partial charge in [-0.15, -0.1) is 0 Å². The fourth-order valence-electron chi connectivity index (χ4n) is 1.56. The van der Waals surface area contributed by atoms with E-state index in [4.69, 9.17) is 0 Å². The monoisotopic (exact) mass is 245 g/mol. The predicted molar refractivity (Wildman–Crippen MR) is 51.6 cm³/mol. The molecule has 2 heterocycles. The van der Waals surface area contributed by atoms with Crippen LogP contribution in [0.4, 0.5) is 13.2 Å². The first-order chi connectivity index (χ1) is 7.88. The largest absolute Gasteiger partial charge is 0.478 e. The molecule has 0 saturated carbocycles. The van der Waals surface area contributed by atoms with Crippen molar-refractivity contribution in [1.29, 1.82) is 0 Å². The third-order valence-electron chi connectivity index (χ3n) is 2.22. The van der Waals surface area contributed by atoms with Gasteiger partial charge >= 0.3 is 11.7 Å². The summed E-state index contributed by atoms with van der Waals surface area (Å²) in [5.74, 6) is -0.710. The molecule has 2 aromatic heterocycles. The molecule has 0 aliphatic carbocycles. The van der Waals surface area contributed by atoms with Crippen molar-refractivity contribution in [3.63, 3.8) is 0 Å². The van der Waals surface area contributed by atoms with Crippen LogP contribution in [0.5, 0.6) is 5.88 Å². The second kappa shape index (κ2) is 3.76. The SMILES string of the molecule is O=c1cc(O)[n+](CC(F)(F)F)c2ccccn12. The van der Waals surface area contributed by atoms with Gasteiger partial charge in [0, 0.05) is 6.07 Å². The number of pyridine rings is 1. The molecule has 0 saturated heterocycles. The Bertz CT molecular complexity index is 619. The molecule has 17 heavy (non-hydrogen) atoms. The Hall–Kier alpha value is -2.05. The minimum absolute atomic E-state index is 0.0187. The number of fused-ring (bicyclic) bond motifs is 1. The van der Waals surface area contributed by atoms with Crippen molar-refractivity contribution >= 4 is 5.65 Å². The lowest BCUT2D eigenvalue weighted by molar-refractivity contribution is -0.704. The van der Waals surface area contributed by atoms with Gasteiger partial charge in [0.15, 0.2) is 6.54 Å². The van der Waals surface area contributed by atoms with Crippen molar-refractivity contribution in [3.05, 3.63) is 40.8 Å². The summed E-state index contributed by atoms with van der Waals surface area (Å²) in [5.41, 5.74) is -0.605. The Morgan fingerprint density at radius 1 is 1.35 bits per heavy atom. The summed E-state index contributed by atoms with van der Waals surface area (Å²) in [6, 6.07) is 5.08. The van der Waals surface area contributed by atoms with Crippen molar-refractivity contribution in [1.82, 2.24) is 4.40 Å². The zero-order chi connectivity index (χ0) is 12.6. The van der Waals surface area contributed by atoms with Crippen LogP contribution in [0, 0.1) is 0 Å². The number of halogens is 3.